The summed E-state index contributed by atoms with van der Waals surface area (Å²) in [5, 5.41) is 6.87. The fourth-order valence-corrected chi connectivity index (χ4v) is 3.09. The second kappa shape index (κ2) is 9.74. The summed E-state index contributed by atoms with van der Waals surface area (Å²) in [6, 6.07) is 16.8. The number of methoxy groups -OCH3 is 1. The summed E-state index contributed by atoms with van der Waals surface area (Å²) in [6.07, 6.45) is 3.38. The van der Waals surface area contributed by atoms with Crippen LogP contribution in [0.25, 0.3) is 22.8 Å². The van der Waals surface area contributed by atoms with Crippen LogP contribution < -0.4 is 14.8 Å². The van der Waals surface area contributed by atoms with E-state index in [9.17, 15) is 4.79 Å². The zero-order valence-corrected chi connectivity index (χ0v) is 17.7. The maximum Gasteiger partial charge on any atom is 0.258 e. The number of hydrogen-bond donors (Lipinski definition) is 1. The Bertz CT molecular complexity index is 1210. The average Bonchev–Trinajstić information content (AvgIpc) is 3.32. The first kappa shape index (κ1) is 21.0. The second-order valence-electron chi connectivity index (χ2n) is 7.03. The van der Waals surface area contributed by atoms with Crippen molar-refractivity contribution in [1.29, 1.82) is 0 Å². The molecular formula is C24H22N4O4. The average molecular weight is 430 g/mol. The molecule has 2 aromatic carbocycles. The molecule has 0 aliphatic rings. The molecule has 0 radical (unpaired) electrons. The Morgan fingerprint density at radius 1 is 1.09 bits per heavy atom. The van der Waals surface area contributed by atoms with Gasteiger partial charge < -0.3 is 19.3 Å². The highest BCUT2D eigenvalue weighted by molar-refractivity contribution is 5.77. The SMILES string of the molecule is COc1cc(-c2noc(-c3ccccc3C)n2)ccc1OCC(=O)NCc1cccnc1. The van der Waals surface area contributed by atoms with E-state index in [0.29, 0.717) is 35.3 Å². The molecule has 4 aromatic rings. The highest BCUT2D eigenvalue weighted by Gasteiger charge is 2.15. The van der Waals surface area contributed by atoms with Gasteiger partial charge in [0.25, 0.3) is 11.8 Å². The molecule has 0 unspecified atom stereocenters. The van der Waals surface area contributed by atoms with Crippen LogP contribution in [0.1, 0.15) is 11.1 Å². The van der Waals surface area contributed by atoms with E-state index in [1.165, 1.54) is 7.11 Å². The lowest BCUT2D eigenvalue weighted by Gasteiger charge is -2.11. The fourth-order valence-electron chi connectivity index (χ4n) is 3.09. The van der Waals surface area contributed by atoms with Crippen LogP contribution in [0.2, 0.25) is 0 Å². The van der Waals surface area contributed by atoms with E-state index in [1.54, 1.807) is 30.6 Å². The molecule has 32 heavy (non-hydrogen) atoms. The molecule has 0 spiro atoms. The number of aromatic nitrogens is 3. The summed E-state index contributed by atoms with van der Waals surface area (Å²) in [6.45, 7) is 2.23. The van der Waals surface area contributed by atoms with Crippen LogP contribution in [0.5, 0.6) is 11.5 Å². The van der Waals surface area contributed by atoms with Crippen LogP contribution in [0, 0.1) is 6.92 Å². The zero-order valence-electron chi connectivity index (χ0n) is 17.7. The van der Waals surface area contributed by atoms with Crippen LogP contribution in [-0.2, 0) is 11.3 Å². The van der Waals surface area contributed by atoms with Gasteiger partial charge in [-0.2, -0.15) is 4.98 Å². The number of nitrogens with one attached hydrogen (secondary N) is 1. The van der Waals surface area contributed by atoms with Gasteiger partial charge >= 0.3 is 0 Å². The van der Waals surface area contributed by atoms with Gasteiger partial charge in [-0.25, -0.2) is 0 Å². The lowest BCUT2D eigenvalue weighted by Crippen LogP contribution is -2.28. The first-order valence-electron chi connectivity index (χ1n) is 10.0. The van der Waals surface area contributed by atoms with Gasteiger partial charge in [0.15, 0.2) is 18.1 Å². The van der Waals surface area contributed by atoms with Crippen LogP contribution in [0.3, 0.4) is 0 Å². The minimum absolute atomic E-state index is 0.143. The Labute approximate surface area is 185 Å². The van der Waals surface area contributed by atoms with Crippen molar-refractivity contribution in [2.45, 2.75) is 13.5 Å². The highest BCUT2D eigenvalue weighted by atomic mass is 16.5. The standard InChI is InChI=1S/C24H22N4O4/c1-16-6-3-4-8-19(16)24-27-23(28-32-24)18-9-10-20(21(12-18)30-2)31-15-22(29)26-14-17-7-5-11-25-13-17/h3-13H,14-15H2,1-2H3,(H,26,29). The summed E-state index contributed by atoms with van der Waals surface area (Å²) in [5.41, 5.74) is 3.55. The van der Waals surface area contributed by atoms with Gasteiger partial charge in [0, 0.05) is 30.1 Å². The molecule has 0 aliphatic heterocycles. The molecule has 4 rings (SSSR count). The fraction of sp³-hybridized carbons (Fsp3) is 0.167. The Kier molecular flexibility index (Phi) is 6.41. The van der Waals surface area contributed by atoms with Crippen molar-refractivity contribution < 1.29 is 18.8 Å². The van der Waals surface area contributed by atoms with E-state index in [1.807, 2.05) is 43.3 Å². The van der Waals surface area contributed by atoms with Gasteiger partial charge in [0.05, 0.1) is 7.11 Å². The Morgan fingerprint density at radius 2 is 1.97 bits per heavy atom. The molecule has 1 N–H and O–H groups in total. The third-order valence-corrected chi connectivity index (χ3v) is 4.79. The molecule has 8 heteroatoms. The molecule has 0 saturated heterocycles. The van der Waals surface area contributed by atoms with Gasteiger partial charge in [-0.05, 0) is 48.4 Å². The van der Waals surface area contributed by atoms with Crippen molar-refractivity contribution in [3.63, 3.8) is 0 Å². The molecule has 0 bridgehead atoms. The number of carbonyl (C=O) groups excluding carboxylic acids is 1. The number of benzene rings is 2. The predicted octanol–water partition coefficient (Wildman–Crippen LogP) is 3.81. The van der Waals surface area contributed by atoms with E-state index in [4.69, 9.17) is 14.0 Å². The molecule has 0 atom stereocenters. The lowest BCUT2D eigenvalue weighted by molar-refractivity contribution is -0.123. The predicted molar refractivity (Wildman–Crippen MR) is 118 cm³/mol. The highest BCUT2D eigenvalue weighted by Crippen LogP contribution is 2.32. The normalized spacial score (nSPS) is 10.6. The zero-order chi connectivity index (χ0) is 22.3. The van der Waals surface area contributed by atoms with Gasteiger partial charge in [-0.1, -0.05) is 29.4 Å². The quantitative estimate of drug-likeness (QED) is 0.454. The maximum absolute atomic E-state index is 12.1. The number of rotatable bonds is 8. The topological polar surface area (TPSA) is 99.4 Å². The summed E-state index contributed by atoms with van der Waals surface area (Å²) in [4.78, 5) is 20.6. The monoisotopic (exact) mass is 430 g/mol. The number of carbonyl (C=O) groups is 1. The first-order chi connectivity index (χ1) is 15.6. The third kappa shape index (κ3) is 4.92. The molecule has 0 aliphatic carbocycles. The summed E-state index contributed by atoms with van der Waals surface area (Å²) >= 11 is 0. The molecule has 2 aromatic heterocycles. The number of aryl methyl sites for hydroxylation is 1. The lowest BCUT2D eigenvalue weighted by atomic mass is 10.1. The largest absolute Gasteiger partial charge is 0.493 e. The molecule has 0 fully saturated rings. The van der Waals surface area contributed by atoms with Crippen molar-refractivity contribution >= 4 is 5.91 Å². The molecule has 1 amide bonds. The second-order valence-corrected chi connectivity index (χ2v) is 7.03. The summed E-state index contributed by atoms with van der Waals surface area (Å²) in [5.74, 6) is 1.53. The van der Waals surface area contributed by atoms with Crippen LogP contribution in [0.4, 0.5) is 0 Å². The van der Waals surface area contributed by atoms with Gasteiger partial charge in [0.2, 0.25) is 5.82 Å². The van der Waals surface area contributed by atoms with Gasteiger partial charge in [0.1, 0.15) is 0 Å². The van der Waals surface area contributed by atoms with E-state index in [-0.39, 0.29) is 12.5 Å². The minimum Gasteiger partial charge on any atom is -0.493 e. The smallest absolute Gasteiger partial charge is 0.258 e. The number of ether oxygens (including phenoxy) is 2. The van der Waals surface area contributed by atoms with E-state index >= 15 is 0 Å². The Morgan fingerprint density at radius 3 is 2.75 bits per heavy atom. The van der Waals surface area contributed by atoms with Crippen molar-refractivity contribution in [1.82, 2.24) is 20.4 Å². The number of nitrogens with zero attached hydrogens (tertiary/aromatic N) is 3. The van der Waals surface area contributed by atoms with Crippen molar-refractivity contribution in [2.75, 3.05) is 13.7 Å². The number of amides is 1. The number of pyridine rings is 1. The van der Waals surface area contributed by atoms with E-state index in [2.05, 4.69) is 20.4 Å². The molecular weight excluding hydrogens is 408 g/mol. The van der Waals surface area contributed by atoms with Crippen molar-refractivity contribution in [2.24, 2.45) is 0 Å². The summed E-state index contributed by atoms with van der Waals surface area (Å²) < 4.78 is 16.5. The number of hydrogen-bond acceptors (Lipinski definition) is 7. The van der Waals surface area contributed by atoms with Crippen molar-refractivity contribution in [3.8, 4) is 34.3 Å². The van der Waals surface area contributed by atoms with Crippen molar-refractivity contribution in [3.05, 3.63) is 78.1 Å². The van der Waals surface area contributed by atoms with E-state index < -0.39 is 0 Å². The first-order valence-corrected chi connectivity index (χ1v) is 10.0. The van der Waals surface area contributed by atoms with Crippen LogP contribution in [-0.4, -0.2) is 34.7 Å². The van der Waals surface area contributed by atoms with E-state index in [0.717, 1.165) is 16.7 Å². The molecule has 162 valence electrons. The van der Waals surface area contributed by atoms with Gasteiger partial charge in [-0.3, -0.25) is 9.78 Å². The molecule has 8 nitrogen and oxygen atoms in total. The Balaban J connectivity index is 1.42. The third-order valence-electron chi connectivity index (χ3n) is 4.79. The minimum atomic E-state index is -0.249. The van der Waals surface area contributed by atoms with Gasteiger partial charge in [-0.15, -0.1) is 0 Å². The maximum atomic E-state index is 12.1. The Hall–Kier alpha value is -4.20. The van der Waals surface area contributed by atoms with Crippen LogP contribution >= 0.6 is 0 Å². The molecule has 2 heterocycles. The molecule has 0 saturated carbocycles. The van der Waals surface area contributed by atoms with Crippen LogP contribution in [0.15, 0.2) is 71.5 Å². The summed E-state index contributed by atoms with van der Waals surface area (Å²) in [7, 11) is 1.53.